The SMILES string of the molecule is C=CCN(CC(=O)OCC)Cc1ccccc1Br. The summed E-state index contributed by atoms with van der Waals surface area (Å²) in [6, 6.07) is 7.98. The van der Waals surface area contributed by atoms with Gasteiger partial charge in [-0.25, -0.2) is 0 Å². The van der Waals surface area contributed by atoms with Gasteiger partial charge >= 0.3 is 5.97 Å². The van der Waals surface area contributed by atoms with Crippen molar-refractivity contribution in [1.82, 2.24) is 4.90 Å². The zero-order chi connectivity index (χ0) is 13.4. The van der Waals surface area contributed by atoms with Gasteiger partial charge in [-0.15, -0.1) is 6.58 Å². The molecule has 0 spiro atoms. The van der Waals surface area contributed by atoms with Gasteiger partial charge in [-0.2, -0.15) is 0 Å². The Labute approximate surface area is 117 Å². The number of benzene rings is 1. The fourth-order valence-corrected chi connectivity index (χ4v) is 2.03. The molecule has 1 aromatic carbocycles. The van der Waals surface area contributed by atoms with Gasteiger partial charge in [0.1, 0.15) is 0 Å². The van der Waals surface area contributed by atoms with Crippen molar-refractivity contribution in [3.63, 3.8) is 0 Å². The normalized spacial score (nSPS) is 10.4. The molecule has 0 heterocycles. The number of carbonyl (C=O) groups excluding carboxylic acids is 1. The molecule has 0 aliphatic rings. The summed E-state index contributed by atoms with van der Waals surface area (Å²) in [5.41, 5.74) is 1.14. The minimum atomic E-state index is -0.202. The maximum absolute atomic E-state index is 11.5. The van der Waals surface area contributed by atoms with E-state index in [9.17, 15) is 4.79 Å². The van der Waals surface area contributed by atoms with Crippen molar-refractivity contribution in [2.45, 2.75) is 13.5 Å². The summed E-state index contributed by atoms with van der Waals surface area (Å²) >= 11 is 3.50. The molecule has 0 N–H and O–H groups in total. The van der Waals surface area contributed by atoms with Gasteiger partial charge < -0.3 is 4.74 Å². The molecule has 0 atom stereocenters. The number of esters is 1. The number of hydrogen-bond donors (Lipinski definition) is 0. The Bertz CT molecular complexity index is 407. The van der Waals surface area contributed by atoms with E-state index in [1.54, 1.807) is 6.08 Å². The Morgan fingerprint density at radius 3 is 2.83 bits per heavy atom. The van der Waals surface area contributed by atoms with Crippen LogP contribution in [0.1, 0.15) is 12.5 Å². The van der Waals surface area contributed by atoms with Crippen molar-refractivity contribution >= 4 is 21.9 Å². The Morgan fingerprint density at radius 2 is 2.22 bits per heavy atom. The summed E-state index contributed by atoms with van der Waals surface area (Å²) in [6.07, 6.45) is 1.79. The van der Waals surface area contributed by atoms with Gasteiger partial charge in [-0.05, 0) is 18.6 Å². The average molecular weight is 312 g/mol. The molecule has 3 nitrogen and oxygen atoms in total. The first-order valence-electron chi connectivity index (χ1n) is 5.89. The van der Waals surface area contributed by atoms with Gasteiger partial charge in [0, 0.05) is 17.6 Å². The van der Waals surface area contributed by atoms with E-state index in [0.29, 0.717) is 19.7 Å². The van der Waals surface area contributed by atoms with Crippen molar-refractivity contribution < 1.29 is 9.53 Å². The minimum absolute atomic E-state index is 0.202. The molecule has 0 aliphatic heterocycles. The van der Waals surface area contributed by atoms with E-state index in [-0.39, 0.29) is 12.5 Å². The Kier molecular flexibility index (Phi) is 6.68. The molecule has 0 bridgehead atoms. The Morgan fingerprint density at radius 1 is 1.50 bits per heavy atom. The van der Waals surface area contributed by atoms with Crippen molar-refractivity contribution in [1.29, 1.82) is 0 Å². The van der Waals surface area contributed by atoms with E-state index in [4.69, 9.17) is 4.74 Å². The van der Waals surface area contributed by atoms with E-state index in [0.717, 1.165) is 10.0 Å². The molecule has 0 fully saturated rings. The molecule has 0 aromatic heterocycles. The highest BCUT2D eigenvalue weighted by molar-refractivity contribution is 9.10. The number of halogens is 1. The molecule has 0 saturated heterocycles. The van der Waals surface area contributed by atoms with Crippen LogP contribution in [0.3, 0.4) is 0 Å². The molecular formula is C14H18BrNO2. The van der Waals surface area contributed by atoms with E-state index in [1.807, 2.05) is 36.1 Å². The smallest absolute Gasteiger partial charge is 0.320 e. The monoisotopic (exact) mass is 311 g/mol. The van der Waals surface area contributed by atoms with Crippen LogP contribution in [0.4, 0.5) is 0 Å². The second-order valence-corrected chi connectivity index (χ2v) is 4.71. The first-order valence-corrected chi connectivity index (χ1v) is 6.69. The zero-order valence-corrected chi connectivity index (χ0v) is 12.1. The molecule has 1 rings (SSSR count). The minimum Gasteiger partial charge on any atom is -0.465 e. The third-order valence-electron chi connectivity index (χ3n) is 2.40. The second-order valence-electron chi connectivity index (χ2n) is 3.85. The molecule has 0 aliphatic carbocycles. The first kappa shape index (κ1) is 14.9. The van der Waals surface area contributed by atoms with Crippen LogP contribution >= 0.6 is 15.9 Å². The van der Waals surface area contributed by atoms with Crippen molar-refractivity contribution in [3.8, 4) is 0 Å². The van der Waals surface area contributed by atoms with Crippen LogP contribution in [0, 0.1) is 0 Å². The fraction of sp³-hybridized carbons (Fsp3) is 0.357. The average Bonchev–Trinajstić information content (AvgIpc) is 2.32. The standard InChI is InChI=1S/C14H18BrNO2/c1-3-9-16(11-14(17)18-4-2)10-12-7-5-6-8-13(12)15/h3,5-8H,1,4,9-11H2,2H3. The largest absolute Gasteiger partial charge is 0.465 e. The van der Waals surface area contributed by atoms with Crippen LogP contribution in [-0.4, -0.2) is 30.6 Å². The molecule has 0 unspecified atom stereocenters. The predicted octanol–water partition coefficient (Wildman–Crippen LogP) is 3.00. The summed E-state index contributed by atoms with van der Waals surface area (Å²) in [5, 5.41) is 0. The van der Waals surface area contributed by atoms with Gasteiger partial charge in [0.05, 0.1) is 13.2 Å². The molecule has 4 heteroatoms. The topological polar surface area (TPSA) is 29.5 Å². The van der Waals surface area contributed by atoms with E-state index < -0.39 is 0 Å². The van der Waals surface area contributed by atoms with Gasteiger partial charge in [0.15, 0.2) is 0 Å². The van der Waals surface area contributed by atoms with E-state index in [1.165, 1.54) is 0 Å². The summed E-state index contributed by atoms with van der Waals surface area (Å²) in [6.45, 7) is 7.55. The molecule has 0 radical (unpaired) electrons. The quantitative estimate of drug-likeness (QED) is 0.572. The highest BCUT2D eigenvalue weighted by Gasteiger charge is 2.11. The fourth-order valence-electron chi connectivity index (χ4n) is 1.62. The van der Waals surface area contributed by atoms with E-state index in [2.05, 4.69) is 22.5 Å². The number of rotatable bonds is 7. The lowest BCUT2D eigenvalue weighted by Gasteiger charge is -2.20. The summed E-state index contributed by atoms with van der Waals surface area (Å²) < 4.78 is 6.00. The lowest BCUT2D eigenvalue weighted by Crippen LogP contribution is -2.31. The lowest BCUT2D eigenvalue weighted by molar-refractivity contribution is -0.144. The lowest BCUT2D eigenvalue weighted by atomic mass is 10.2. The molecule has 18 heavy (non-hydrogen) atoms. The molecule has 98 valence electrons. The first-order chi connectivity index (χ1) is 8.67. The molecule has 0 amide bonds. The van der Waals surface area contributed by atoms with Crippen molar-refractivity contribution in [2.24, 2.45) is 0 Å². The van der Waals surface area contributed by atoms with Gasteiger partial charge in [-0.1, -0.05) is 40.2 Å². The summed E-state index contributed by atoms with van der Waals surface area (Å²) in [7, 11) is 0. The molecular weight excluding hydrogens is 294 g/mol. The Hall–Kier alpha value is -1.13. The van der Waals surface area contributed by atoms with E-state index >= 15 is 0 Å². The number of carbonyl (C=O) groups is 1. The highest BCUT2D eigenvalue weighted by Crippen LogP contribution is 2.17. The maximum atomic E-state index is 11.5. The zero-order valence-electron chi connectivity index (χ0n) is 10.6. The number of nitrogens with zero attached hydrogens (tertiary/aromatic N) is 1. The van der Waals surface area contributed by atoms with Crippen LogP contribution in [0.15, 0.2) is 41.4 Å². The number of ether oxygens (including phenoxy) is 1. The summed E-state index contributed by atoms with van der Waals surface area (Å²) in [5.74, 6) is -0.202. The van der Waals surface area contributed by atoms with Crippen LogP contribution in [0.25, 0.3) is 0 Å². The Balaban J connectivity index is 2.65. The van der Waals surface area contributed by atoms with Crippen molar-refractivity contribution in [3.05, 3.63) is 47.0 Å². The predicted molar refractivity (Wildman–Crippen MR) is 76.2 cm³/mol. The van der Waals surface area contributed by atoms with Gasteiger partial charge in [0.25, 0.3) is 0 Å². The van der Waals surface area contributed by atoms with Crippen LogP contribution in [0.2, 0.25) is 0 Å². The maximum Gasteiger partial charge on any atom is 0.320 e. The van der Waals surface area contributed by atoms with Crippen molar-refractivity contribution in [2.75, 3.05) is 19.7 Å². The second kappa shape index (κ2) is 8.06. The highest BCUT2D eigenvalue weighted by atomic mass is 79.9. The number of hydrogen-bond acceptors (Lipinski definition) is 3. The van der Waals surface area contributed by atoms with Crippen LogP contribution in [-0.2, 0) is 16.1 Å². The third kappa shape index (κ3) is 5.02. The van der Waals surface area contributed by atoms with Crippen LogP contribution < -0.4 is 0 Å². The van der Waals surface area contributed by atoms with Gasteiger partial charge in [0.2, 0.25) is 0 Å². The molecule has 1 aromatic rings. The van der Waals surface area contributed by atoms with Gasteiger partial charge in [-0.3, -0.25) is 9.69 Å². The third-order valence-corrected chi connectivity index (χ3v) is 3.17. The van der Waals surface area contributed by atoms with Crippen LogP contribution in [0.5, 0.6) is 0 Å². The summed E-state index contributed by atoms with van der Waals surface area (Å²) in [4.78, 5) is 13.5. The molecule has 0 saturated carbocycles.